The molecule has 106 valence electrons. The summed E-state index contributed by atoms with van der Waals surface area (Å²) in [6, 6.07) is 4.67. The SMILES string of the molecule is CNC(CCc1cc(Cl)cc2c1OCC2)CC(C)C. The lowest BCUT2D eigenvalue weighted by Crippen LogP contribution is -2.27. The van der Waals surface area contributed by atoms with Crippen LogP contribution in [-0.4, -0.2) is 19.7 Å². The maximum absolute atomic E-state index is 6.19. The van der Waals surface area contributed by atoms with Gasteiger partial charge in [0, 0.05) is 17.5 Å². The van der Waals surface area contributed by atoms with Crippen molar-refractivity contribution in [3.8, 4) is 5.75 Å². The molecule has 0 aliphatic carbocycles. The third-order valence-electron chi connectivity index (χ3n) is 3.75. The first-order chi connectivity index (χ1) is 9.10. The number of hydrogen-bond donors (Lipinski definition) is 1. The molecule has 2 nitrogen and oxygen atoms in total. The van der Waals surface area contributed by atoms with Crippen molar-refractivity contribution >= 4 is 11.6 Å². The summed E-state index contributed by atoms with van der Waals surface area (Å²) in [6.07, 6.45) is 4.36. The molecule has 0 amide bonds. The van der Waals surface area contributed by atoms with Crippen molar-refractivity contribution in [3.05, 3.63) is 28.3 Å². The highest BCUT2D eigenvalue weighted by Crippen LogP contribution is 2.33. The van der Waals surface area contributed by atoms with Crippen LogP contribution in [0, 0.1) is 5.92 Å². The van der Waals surface area contributed by atoms with E-state index in [2.05, 4.69) is 25.2 Å². The number of hydrogen-bond acceptors (Lipinski definition) is 2. The Labute approximate surface area is 121 Å². The predicted molar refractivity (Wildman–Crippen MR) is 81.3 cm³/mol. The van der Waals surface area contributed by atoms with Crippen LogP contribution < -0.4 is 10.1 Å². The molecule has 0 spiro atoms. The van der Waals surface area contributed by atoms with Crippen LogP contribution in [0.2, 0.25) is 5.02 Å². The van der Waals surface area contributed by atoms with Crippen molar-refractivity contribution in [3.63, 3.8) is 0 Å². The molecule has 1 unspecified atom stereocenters. The number of rotatable bonds is 6. The van der Waals surface area contributed by atoms with E-state index in [1.54, 1.807) is 0 Å². The van der Waals surface area contributed by atoms with Crippen molar-refractivity contribution < 1.29 is 4.74 Å². The number of benzene rings is 1. The second-order valence-electron chi connectivity index (χ2n) is 5.81. The average Bonchev–Trinajstić information content (AvgIpc) is 2.81. The Balaban J connectivity index is 2.03. The first kappa shape index (κ1) is 14.7. The highest BCUT2D eigenvalue weighted by molar-refractivity contribution is 6.30. The van der Waals surface area contributed by atoms with Crippen molar-refractivity contribution in [1.29, 1.82) is 0 Å². The van der Waals surface area contributed by atoms with Gasteiger partial charge in [-0.2, -0.15) is 0 Å². The van der Waals surface area contributed by atoms with Crippen LogP contribution >= 0.6 is 11.6 Å². The van der Waals surface area contributed by atoms with E-state index < -0.39 is 0 Å². The number of aryl methyl sites for hydroxylation is 1. The van der Waals surface area contributed by atoms with Gasteiger partial charge in [-0.25, -0.2) is 0 Å². The summed E-state index contributed by atoms with van der Waals surface area (Å²) in [5.41, 5.74) is 2.54. The van der Waals surface area contributed by atoms with E-state index in [0.717, 1.165) is 42.6 Å². The number of nitrogens with one attached hydrogen (secondary N) is 1. The Hall–Kier alpha value is -0.730. The fourth-order valence-corrected chi connectivity index (χ4v) is 3.07. The lowest BCUT2D eigenvalue weighted by molar-refractivity contribution is 0.351. The second-order valence-corrected chi connectivity index (χ2v) is 6.24. The van der Waals surface area contributed by atoms with Gasteiger partial charge in [0.05, 0.1) is 6.61 Å². The maximum atomic E-state index is 6.19. The monoisotopic (exact) mass is 281 g/mol. The highest BCUT2D eigenvalue weighted by Gasteiger charge is 2.18. The van der Waals surface area contributed by atoms with Crippen LogP contribution in [0.5, 0.6) is 5.75 Å². The van der Waals surface area contributed by atoms with Crippen LogP contribution in [0.15, 0.2) is 12.1 Å². The quantitative estimate of drug-likeness (QED) is 0.855. The fraction of sp³-hybridized carbons (Fsp3) is 0.625. The van der Waals surface area contributed by atoms with Crippen LogP contribution in [-0.2, 0) is 12.8 Å². The first-order valence-electron chi connectivity index (χ1n) is 7.21. The summed E-state index contributed by atoms with van der Waals surface area (Å²) in [5, 5.41) is 4.25. The highest BCUT2D eigenvalue weighted by atomic mass is 35.5. The second kappa shape index (κ2) is 6.62. The molecule has 1 aliphatic rings. The van der Waals surface area contributed by atoms with Gasteiger partial charge in [0.25, 0.3) is 0 Å². The van der Waals surface area contributed by atoms with Crippen molar-refractivity contribution in [2.45, 2.75) is 45.6 Å². The molecule has 1 aliphatic heterocycles. The van der Waals surface area contributed by atoms with E-state index in [1.807, 2.05) is 13.1 Å². The van der Waals surface area contributed by atoms with Crippen LogP contribution in [0.1, 0.15) is 37.8 Å². The Bertz CT molecular complexity index is 431. The molecule has 1 aromatic carbocycles. The smallest absolute Gasteiger partial charge is 0.125 e. The third-order valence-corrected chi connectivity index (χ3v) is 3.97. The third kappa shape index (κ3) is 3.87. The molecule has 2 rings (SSSR count). The summed E-state index contributed by atoms with van der Waals surface area (Å²) < 4.78 is 5.75. The molecule has 1 N–H and O–H groups in total. The Morgan fingerprint density at radius 3 is 2.84 bits per heavy atom. The molecule has 1 aromatic rings. The zero-order valence-corrected chi connectivity index (χ0v) is 12.9. The zero-order chi connectivity index (χ0) is 13.8. The molecular formula is C16H24ClNO. The van der Waals surface area contributed by atoms with Gasteiger partial charge in [0.1, 0.15) is 5.75 Å². The maximum Gasteiger partial charge on any atom is 0.125 e. The Morgan fingerprint density at radius 2 is 2.16 bits per heavy atom. The first-order valence-corrected chi connectivity index (χ1v) is 7.59. The fourth-order valence-electron chi connectivity index (χ4n) is 2.81. The molecule has 3 heteroatoms. The predicted octanol–water partition coefficient (Wildman–Crippen LogP) is 3.84. The molecular weight excluding hydrogens is 258 g/mol. The normalized spacial score (nSPS) is 15.4. The van der Waals surface area contributed by atoms with Crippen molar-refractivity contribution in [2.24, 2.45) is 5.92 Å². The summed E-state index contributed by atoms with van der Waals surface area (Å²) >= 11 is 6.19. The average molecular weight is 282 g/mol. The molecule has 0 saturated carbocycles. The van der Waals surface area contributed by atoms with E-state index in [9.17, 15) is 0 Å². The van der Waals surface area contributed by atoms with Crippen LogP contribution in [0.25, 0.3) is 0 Å². The largest absolute Gasteiger partial charge is 0.493 e. The van der Waals surface area contributed by atoms with Crippen LogP contribution in [0.3, 0.4) is 0 Å². The zero-order valence-electron chi connectivity index (χ0n) is 12.1. The van der Waals surface area contributed by atoms with Gasteiger partial charge in [-0.3, -0.25) is 0 Å². The molecule has 0 fully saturated rings. The van der Waals surface area contributed by atoms with Gasteiger partial charge in [0.15, 0.2) is 0 Å². The molecule has 0 saturated heterocycles. The molecule has 0 aromatic heterocycles. The summed E-state index contributed by atoms with van der Waals surface area (Å²) in [4.78, 5) is 0. The topological polar surface area (TPSA) is 21.3 Å². The molecule has 0 bridgehead atoms. The van der Waals surface area contributed by atoms with E-state index in [4.69, 9.17) is 16.3 Å². The van der Waals surface area contributed by atoms with E-state index in [1.165, 1.54) is 17.5 Å². The van der Waals surface area contributed by atoms with Crippen LogP contribution in [0.4, 0.5) is 0 Å². The number of ether oxygens (including phenoxy) is 1. The van der Waals surface area contributed by atoms with E-state index in [0.29, 0.717) is 6.04 Å². The molecule has 0 radical (unpaired) electrons. The molecule has 1 heterocycles. The van der Waals surface area contributed by atoms with Gasteiger partial charge in [-0.15, -0.1) is 0 Å². The minimum Gasteiger partial charge on any atom is -0.493 e. The van der Waals surface area contributed by atoms with Crippen molar-refractivity contribution in [2.75, 3.05) is 13.7 Å². The van der Waals surface area contributed by atoms with Gasteiger partial charge in [-0.05, 0) is 55.5 Å². The molecule has 1 atom stereocenters. The van der Waals surface area contributed by atoms with Gasteiger partial charge < -0.3 is 10.1 Å². The number of fused-ring (bicyclic) bond motifs is 1. The van der Waals surface area contributed by atoms with Gasteiger partial charge in [0.2, 0.25) is 0 Å². The van der Waals surface area contributed by atoms with Gasteiger partial charge in [-0.1, -0.05) is 25.4 Å². The standard InChI is InChI=1S/C16H24ClNO/c1-11(2)8-15(18-3)5-4-12-9-14(17)10-13-6-7-19-16(12)13/h9-11,15,18H,4-8H2,1-3H3. The summed E-state index contributed by atoms with van der Waals surface area (Å²) in [6.45, 7) is 5.33. The summed E-state index contributed by atoms with van der Waals surface area (Å²) in [5.74, 6) is 1.81. The minimum atomic E-state index is 0.566. The summed E-state index contributed by atoms with van der Waals surface area (Å²) in [7, 11) is 2.05. The van der Waals surface area contributed by atoms with E-state index >= 15 is 0 Å². The van der Waals surface area contributed by atoms with Crippen molar-refractivity contribution in [1.82, 2.24) is 5.32 Å². The Morgan fingerprint density at radius 1 is 1.37 bits per heavy atom. The Kier molecular flexibility index (Phi) is 5.12. The number of halogens is 1. The lowest BCUT2D eigenvalue weighted by atomic mass is 9.96. The molecule has 19 heavy (non-hydrogen) atoms. The lowest BCUT2D eigenvalue weighted by Gasteiger charge is -2.19. The van der Waals surface area contributed by atoms with Gasteiger partial charge >= 0.3 is 0 Å². The minimum absolute atomic E-state index is 0.566. The van der Waals surface area contributed by atoms with E-state index in [-0.39, 0.29) is 0 Å².